The number of allylic oxidation sites excluding steroid dienone is 1. The number of barbiturate groups is 1. The summed E-state index contributed by atoms with van der Waals surface area (Å²) in [5, 5.41) is 11.5. The van der Waals surface area contributed by atoms with E-state index in [0.717, 1.165) is 28.2 Å². The minimum Gasteiger partial charge on any atom is -0.487 e. The Morgan fingerprint density at radius 1 is 1.08 bits per heavy atom. The topological polar surface area (TPSA) is 99.5 Å². The van der Waals surface area contributed by atoms with Crippen molar-refractivity contribution >= 4 is 45.5 Å². The van der Waals surface area contributed by atoms with Gasteiger partial charge in [0.1, 0.15) is 23.7 Å². The maximum Gasteiger partial charge on any atom is 0.335 e. The first-order chi connectivity index (χ1) is 17.8. The zero-order valence-electron chi connectivity index (χ0n) is 19.3. The Balaban J connectivity index is 1.67. The summed E-state index contributed by atoms with van der Waals surface area (Å²) in [7, 11) is 0. The molecule has 0 aromatic heterocycles. The lowest BCUT2D eigenvalue weighted by atomic mass is 10.0. The van der Waals surface area contributed by atoms with E-state index >= 15 is 0 Å². The standard InChI is InChI=1S/C28H19BrFN3O4/c1-2-5-18-12-17(14-24(29)25(18)37-16-20-7-4-3-6-19(20)15-31)13-23-26(34)32-28(36)33(27(23)35)22-10-8-21(30)9-11-22/h2-4,6-14H,1,5,16H2,(H,32,34,36)/b23-13+. The highest BCUT2D eigenvalue weighted by molar-refractivity contribution is 9.10. The van der Waals surface area contributed by atoms with Crippen molar-refractivity contribution in [1.29, 1.82) is 5.26 Å². The van der Waals surface area contributed by atoms with Crippen LogP contribution >= 0.6 is 15.9 Å². The van der Waals surface area contributed by atoms with E-state index in [1.54, 1.807) is 36.4 Å². The molecule has 4 rings (SSSR count). The van der Waals surface area contributed by atoms with Crippen LogP contribution in [-0.2, 0) is 22.6 Å². The van der Waals surface area contributed by atoms with E-state index in [0.29, 0.717) is 27.8 Å². The number of rotatable bonds is 7. The van der Waals surface area contributed by atoms with Gasteiger partial charge in [-0.15, -0.1) is 6.58 Å². The van der Waals surface area contributed by atoms with Crippen molar-refractivity contribution in [3.05, 3.63) is 111 Å². The fourth-order valence-electron chi connectivity index (χ4n) is 3.78. The Morgan fingerprint density at radius 3 is 2.51 bits per heavy atom. The maximum atomic E-state index is 13.3. The molecule has 0 saturated carbocycles. The van der Waals surface area contributed by atoms with Crippen LogP contribution in [0.15, 0.2) is 83.4 Å². The van der Waals surface area contributed by atoms with Crippen molar-refractivity contribution in [3.63, 3.8) is 0 Å². The number of urea groups is 1. The summed E-state index contributed by atoms with van der Waals surface area (Å²) in [6.45, 7) is 3.94. The number of nitriles is 1. The number of ether oxygens (including phenoxy) is 1. The van der Waals surface area contributed by atoms with Gasteiger partial charge in [0, 0.05) is 5.56 Å². The maximum absolute atomic E-state index is 13.3. The Bertz CT molecular complexity index is 1490. The van der Waals surface area contributed by atoms with Crippen LogP contribution in [0, 0.1) is 17.1 Å². The van der Waals surface area contributed by atoms with Gasteiger partial charge in [-0.05, 0) is 82.0 Å². The first-order valence-electron chi connectivity index (χ1n) is 11.0. The molecule has 1 aliphatic heterocycles. The molecule has 7 nitrogen and oxygen atoms in total. The molecule has 37 heavy (non-hydrogen) atoms. The van der Waals surface area contributed by atoms with Crippen molar-refractivity contribution in [1.82, 2.24) is 5.32 Å². The quantitative estimate of drug-likeness (QED) is 0.236. The number of imide groups is 2. The van der Waals surface area contributed by atoms with Crippen LogP contribution in [0.1, 0.15) is 22.3 Å². The molecule has 1 saturated heterocycles. The predicted octanol–water partition coefficient (Wildman–Crippen LogP) is 5.43. The van der Waals surface area contributed by atoms with E-state index in [4.69, 9.17) is 4.74 Å². The second-order valence-corrected chi connectivity index (χ2v) is 8.83. The third-order valence-corrected chi connectivity index (χ3v) is 6.10. The molecule has 0 unspecified atom stereocenters. The van der Waals surface area contributed by atoms with Gasteiger partial charge in [0.15, 0.2) is 0 Å². The highest BCUT2D eigenvalue weighted by atomic mass is 79.9. The smallest absolute Gasteiger partial charge is 0.335 e. The van der Waals surface area contributed by atoms with Crippen LogP contribution in [0.2, 0.25) is 0 Å². The molecule has 0 spiro atoms. The first-order valence-corrected chi connectivity index (χ1v) is 11.8. The number of amides is 4. The highest BCUT2D eigenvalue weighted by Gasteiger charge is 2.36. The van der Waals surface area contributed by atoms with E-state index in [9.17, 15) is 24.0 Å². The van der Waals surface area contributed by atoms with Crippen LogP contribution in [-0.4, -0.2) is 17.8 Å². The Kier molecular flexibility index (Phi) is 7.60. The zero-order valence-corrected chi connectivity index (χ0v) is 20.9. The first kappa shape index (κ1) is 25.5. The number of anilines is 1. The van der Waals surface area contributed by atoms with Crippen molar-refractivity contribution in [2.45, 2.75) is 13.0 Å². The van der Waals surface area contributed by atoms with E-state index in [1.165, 1.54) is 18.2 Å². The molecule has 4 amide bonds. The third kappa shape index (κ3) is 5.50. The molecule has 0 aliphatic carbocycles. The minimum absolute atomic E-state index is 0.122. The van der Waals surface area contributed by atoms with Gasteiger partial charge >= 0.3 is 6.03 Å². The van der Waals surface area contributed by atoms with Crippen molar-refractivity contribution in [2.24, 2.45) is 0 Å². The number of halogens is 2. The molecule has 3 aromatic rings. The lowest BCUT2D eigenvalue weighted by Gasteiger charge is -2.26. The Hall–Kier alpha value is -4.55. The fraction of sp³-hybridized carbons (Fsp3) is 0.0714. The summed E-state index contributed by atoms with van der Waals surface area (Å²) in [5.74, 6) is -1.69. The van der Waals surface area contributed by atoms with E-state index in [1.807, 2.05) is 6.07 Å². The molecule has 1 N–H and O–H groups in total. The molecular formula is C28H19BrFN3O4. The molecule has 1 heterocycles. The molecule has 184 valence electrons. The molecule has 1 aliphatic rings. The Labute approximate surface area is 220 Å². The van der Waals surface area contributed by atoms with Crippen LogP contribution < -0.4 is 15.0 Å². The van der Waals surface area contributed by atoms with Gasteiger partial charge in [0.05, 0.1) is 21.8 Å². The lowest BCUT2D eigenvalue weighted by molar-refractivity contribution is -0.122. The third-order valence-electron chi connectivity index (χ3n) is 5.51. The average Bonchev–Trinajstić information content (AvgIpc) is 2.87. The second-order valence-electron chi connectivity index (χ2n) is 7.98. The van der Waals surface area contributed by atoms with Crippen molar-refractivity contribution < 1.29 is 23.5 Å². The van der Waals surface area contributed by atoms with E-state index in [2.05, 4.69) is 33.9 Å². The minimum atomic E-state index is -0.923. The molecule has 1 fully saturated rings. The molecule has 0 atom stereocenters. The number of carbonyl (C=O) groups is 3. The zero-order chi connectivity index (χ0) is 26.5. The average molecular weight is 560 g/mol. The SMILES string of the molecule is C=CCc1cc(/C=C2\C(=O)NC(=O)N(c3ccc(F)cc3)C2=O)cc(Br)c1OCc1ccccc1C#N. The number of hydrogen-bond donors (Lipinski definition) is 1. The number of hydrogen-bond acceptors (Lipinski definition) is 5. The summed E-state index contributed by atoms with van der Waals surface area (Å²) >= 11 is 3.50. The molecule has 0 bridgehead atoms. The molecule has 3 aromatic carbocycles. The summed E-state index contributed by atoms with van der Waals surface area (Å²) in [5.41, 5.74) is 2.31. The largest absolute Gasteiger partial charge is 0.487 e. The van der Waals surface area contributed by atoms with Gasteiger partial charge in [-0.2, -0.15) is 5.26 Å². The molecule has 0 radical (unpaired) electrons. The van der Waals surface area contributed by atoms with Crippen LogP contribution in [0.4, 0.5) is 14.9 Å². The lowest BCUT2D eigenvalue weighted by Crippen LogP contribution is -2.54. The van der Waals surface area contributed by atoms with E-state index < -0.39 is 23.7 Å². The van der Waals surface area contributed by atoms with Gasteiger partial charge in [0.25, 0.3) is 11.8 Å². The second kappa shape index (κ2) is 11.0. The predicted molar refractivity (Wildman–Crippen MR) is 139 cm³/mol. The van der Waals surface area contributed by atoms with Crippen molar-refractivity contribution in [2.75, 3.05) is 4.90 Å². The van der Waals surface area contributed by atoms with Crippen LogP contribution in [0.25, 0.3) is 6.08 Å². The van der Waals surface area contributed by atoms with Crippen LogP contribution in [0.3, 0.4) is 0 Å². The fourth-order valence-corrected chi connectivity index (χ4v) is 4.41. The summed E-state index contributed by atoms with van der Waals surface area (Å²) < 4.78 is 19.9. The highest BCUT2D eigenvalue weighted by Crippen LogP contribution is 2.34. The normalized spacial score (nSPS) is 14.4. The monoisotopic (exact) mass is 559 g/mol. The number of nitrogens with one attached hydrogen (secondary N) is 1. The van der Waals surface area contributed by atoms with Gasteiger partial charge in [-0.1, -0.05) is 24.3 Å². The van der Waals surface area contributed by atoms with Crippen LogP contribution in [0.5, 0.6) is 5.75 Å². The van der Waals surface area contributed by atoms with Gasteiger partial charge in [0.2, 0.25) is 0 Å². The summed E-state index contributed by atoms with van der Waals surface area (Å²) in [4.78, 5) is 38.8. The number of benzene rings is 3. The molecule has 9 heteroatoms. The molecular weight excluding hydrogens is 541 g/mol. The van der Waals surface area contributed by atoms with Crippen molar-refractivity contribution in [3.8, 4) is 11.8 Å². The summed E-state index contributed by atoms with van der Waals surface area (Å²) in [6, 6.07) is 16.5. The number of nitrogens with zero attached hydrogens (tertiary/aromatic N) is 2. The van der Waals surface area contributed by atoms with Gasteiger partial charge < -0.3 is 4.74 Å². The Morgan fingerprint density at radius 2 is 1.81 bits per heavy atom. The number of carbonyl (C=O) groups excluding carboxylic acids is 3. The summed E-state index contributed by atoms with van der Waals surface area (Å²) in [6.07, 6.45) is 3.47. The van der Waals surface area contributed by atoms with E-state index in [-0.39, 0.29) is 17.9 Å². The van der Waals surface area contributed by atoms with Gasteiger partial charge in [-0.3, -0.25) is 14.9 Å². The van der Waals surface area contributed by atoms with Gasteiger partial charge in [-0.25, -0.2) is 14.1 Å².